The van der Waals surface area contributed by atoms with Crippen LogP contribution in [0.5, 0.6) is 0 Å². The van der Waals surface area contributed by atoms with Gasteiger partial charge in [-0.3, -0.25) is 4.79 Å². The smallest absolute Gasteiger partial charge is 0.326 e. The summed E-state index contributed by atoms with van der Waals surface area (Å²) in [6.45, 7) is 0. The topological polar surface area (TPSA) is 122 Å². The number of aliphatic carboxylic acids is 1. The number of carbonyl (C=O) groups excluding carboxylic acids is 1. The van der Waals surface area contributed by atoms with E-state index in [-0.39, 0.29) is 12.8 Å². The van der Waals surface area contributed by atoms with Crippen LogP contribution < -0.4 is 10.7 Å². The van der Waals surface area contributed by atoms with Crippen LogP contribution in [0.2, 0.25) is 0 Å². The highest BCUT2D eigenvalue weighted by molar-refractivity contribution is 5.87. The fourth-order valence-electron chi connectivity index (χ4n) is 2.50. The Kier molecular flexibility index (Phi) is 6.81. The number of carboxylic acids is 1. The molecule has 0 heterocycles. The number of carbonyl (C=O) groups is 2. The van der Waals surface area contributed by atoms with Crippen LogP contribution in [-0.4, -0.2) is 34.1 Å². The van der Waals surface area contributed by atoms with Gasteiger partial charge in [-0.1, -0.05) is 42.5 Å². The Hall–Kier alpha value is -3.49. The molecule has 0 aromatic heterocycles. The number of hydrazine groups is 1. The third kappa shape index (κ3) is 6.38. The summed E-state index contributed by atoms with van der Waals surface area (Å²) in [4.78, 5) is 34.7. The SMILES string of the molecule is O=C(O)[C@H](Cc1ccc(F)cc1)NC(=O)[C@H](Cc1ccccc1)N[N+](=O)[O-]. The third-order valence-electron chi connectivity index (χ3n) is 3.83. The fourth-order valence-corrected chi connectivity index (χ4v) is 2.50. The molecule has 1 amide bonds. The van der Waals surface area contributed by atoms with E-state index in [2.05, 4.69) is 5.32 Å². The van der Waals surface area contributed by atoms with E-state index in [0.29, 0.717) is 11.1 Å². The van der Waals surface area contributed by atoms with Gasteiger partial charge in [0.05, 0.1) is 0 Å². The molecule has 142 valence electrons. The van der Waals surface area contributed by atoms with Crippen LogP contribution in [0.25, 0.3) is 0 Å². The number of nitrogens with one attached hydrogen (secondary N) is 2. The Morgan fingerprint density at radius 3 is 2.11 bits per heavy atom. The zero-order valence-corrected chi connectivity index (χ0v) is 14.2. The van der Waals surface area contributed by atoms with Gasteiger partial charge < -0.3 is 10.4 Å². The largest absolute Gasteiger partial charge is 0.480 e. The number of carboxylic acid groups (broad SMARTS) is 1. The van der Waals surface area contributed by atoms with Crippen molar-refractivity contribution in [2.75, 3.05) is 0 Å². The average molecular weight is 375 g/mol. The van der Waals surface area contributed by atoms with E-state index < -0.39 is 34.8 Å². The number of hydrogen-bond acceptors (Lipinski definition) is 4. The number of amides is 1. The second kappa shape index (κ2) is 9.27. The lowest BCUT2D eigenvalue weighted by Crippen LogP contribution is -2.53. The molecule has 0 spiro atoms. The maximum absolute atomic E-state index is 13.0. The molecular formula is C18H18FN3O5. The van der Waals surface area contributed by atoms with Gasteiger partial charge in [0, 0.05) is 12.8 Å². The lowest BCUT2D eigenvalue weighted by atomic mass is 10.0. The Labute approximate surface area is 154 Å². The van der Waals surface area contributed by atoms with Gasteiger partial charge in [0.25, 0.3) is 0 Å². The minimum absolute atomic E-state index is 0.0105. The number of hydrogen-bond donors (Lipinski definition) is 3. The Morgan fingerprint density at radius 2 is 1.56 bits per heavy atom. The monoisotopic (exact) mass is 375 g/mol. The van der Waals surface area contributed by atoms with E-state index in [0.717, 1.165) is 0 Å². The molecule has 3 N–H and O–H groups in total. The van der Waals surface area contributed by atoms with Gasteiger partial charge in [-0.15, -0.1) is 5.43 Å². The van der Waals surface area contributed by atoms with E-state index in [1.54, 1.807) is 30.3 Å². The highest BCUT2D eigenvalue weighted by atomic mass is 19.1. The molecule has 2 atom stereocenters. The number of nitrogens with zero attached hydrogens (tertiary/aromatic N) is 1. The van der Waals surface area contributed by atoms with Gasteiger partial charge in [-0.25, -0.2) is 19.3 Å². The second-order valence-electron chi connectivity index (χ2n) is 5.86. The van der Waals surface area contributed by atoms with Crippen molar-refractivity contribution in [1.29, 1.82) is 0 Å². The average Bonchev–Trinajstić information content (AvgIpc) is 2.62. The van der Waals surface area contributed by atoms with Crippen molar-refractivity contribution < 1.29 is 24.1 Å². The molecule has 0 saturated heterocycles. The van der Waals surface area contributed by atoms with E-state index in [4.69, 9.17) is 0 Å². The molecule has 8 nitrogen and oxygen atoms in total. The van der Waals surface area contributed by atoms with Crippen molar-refractivity contribution >= 4 is 11.9 Å². The van der Waals surface area contributed by atoms with Crippen LogP contribution >= 0.6 is 0 Å². The van der Waals surface area contributed by atoms with Crippen LogP contribution in [0, 0.1) is 15.9 Å². The van der Waals surface area contributed by atoms with Crippen LogP contribution in [-0.2, 0) is 22.4 Å². The van der Waals surface area contributed by atoms with Gasteiger partial charge >= 0.3 is 5.97 Å². The molecule has 0 unspecified atom stereocenters. The second-order valence-corrected chi connectivity index (χ2v) is 5.86. The molecule has 0 saturated carbocycles. The summed E-state index contributed by atoms with van der Waals surface area (Å²) in [5, 5.41) is 21.6. The minimum atomic E-state index is -1.31. The number of halogens is 1. The molecule has 0 radical (unpaired) electrons. The lowest BCUT2D eigenvalue weighted by Gasteiger charge is -2.19. The summed E-state index contributed by atoms with van der Waals surface area (Å²) in [5.41, 5.74) is 3.10. The lowest BCUT2D eigenvalue weighted by molar-refractivity contribution is -0.548. The predicted molar refractivity (Wildman–Crippen MR) is 93.7 cm³/mol. The molecular weight excluding hydrogens is 357 g/mol. The number of rotatable bonds is 9. The van der Waals surface area contributed by atoms with Crippen LogP contribution in [0.1, 0.15) is 11.1 Å². The summed E-state index contributed by atoms with van der Waals surface area (Å²) < 4.78 is 13.0. The molecule has 2 aromatic rings. The van der Waals surface area contributed by atoms with Crippen molar-refractivity contribution in [1.82, 2.24) is 10.7 Å². The van der Waals surface area contributed by atoms with E-state index in [9.17, 15) is 29.2 Å². The zero-order valence-electron chi connectivity index (χ0n) is 14.2. The summed E-state index contributed by atoms with van der Waals surface area (Å²) >= 11 is 0. The molecule has 0 bridgehead atoms. The normalized spacial score (nSPS) is 12.6. The summed E-state index contributed by atoms with van der Waals surface area (Å²) in [7, 11) is 0. The third-order valence-corrected chi connectivity index (χ3v) is 3.83. The molecule has 0 aliphatic rings. The first-order valence-corrected chi connectivity index (χ1v) is 8.07. The maximum atomic E-state index is 13.0. The van der Waals surface area contributed by atoms with Crippen LogP contribution in [0.4, 0.5) is 4.39 Å². The first kappa shape index (κ1) is 19.8. The summed E-state index contributed by atoms with van der Waals surface area (Å²) in [5.74, 6) is -2.58. The molecule has 0 fully saturated rings. The van der Waals surface area contributed by atoms with Gasteiger partial charge in [-0.2, -0.15) is 0 Å². The Bertz CT molecular complexity index is 798. The summed E-state index contributed by atoms with van der Waals surface area (Å²) in [6, 6.07) is 11.3. The molecule has 27 heavy (non-hydrogen) atoms. The molecule has 0 aliphatic carbocycles. The van der Waals surface area contributed by atoms with Gasteiger partial charge in [0.15, 0.2) is 11.1 Å². The van der Waals surface area contributed by atoms with Crippen molar-refractivity contribution in [3.63, 3.8) is 0 Å². The molecule has 0 aliphatic heterocycles. The van der Waals surface area contributed by atoms with Crippen molar-refractivity contribution in [2.45, 2.75) is 24.9 Å². The quantitative estimate of drug-likeness (QED) is 0.449. The van der Waals surface area contributed by atoms with Crippen molar-refractivity contribution in [3.05, 3.63) is 81.7 Å². The standard InChI is InChI=1S/C18H18FN3O5/c19-14-8-6-13(7-9-14)11-16(18(24)25)20-17(23)15(21-22(26)27)10-12-4-2-1-3-5-12/h1-9,15-16,21H,10-11H2,(H,20,23)(H,24,25)/t15-,16-/m0/s1. The van der Waals surface area contributed by atoms with E-state index in [1.165, 1.54) is 24.3 Å². The maximum Gasteiger partial charge on any atom is 0.326 e. The minimum Gasteiger partial charge on any atom is -0.480 e. The fraction of sp³-hybridized carbons (Fsp3) is 0.222. The molecule has 2 rings (SSSR count). The highest BCUT2D eigenvalue weighted by Crippen LogP contribution is 2.08. The number of nitro groups is 1. The van der Waals surface area contributed by atoms with Crippen molar-refractivity contribution in [3.8, 4) is 0 Å². The van der Waals surface area contributed by atoms with Gasteiger partial charge in [-0.05, 0) is 23.3 Å². The van der Waals surface area contributed by atoms with E-state index >= 15 is 0 Å². The van der Waals surface area contributed by atoms with Crippen LogP contribution in [0.3, 0.4) is 0 Å². The van der Waals surface area contributed by atoms with Crippen LogP contribution in [0.15, 0.2) is 54.6 Å². The molecule has 2 aromatic carbocycles. The van der Waals surface area contributed by atoms with Gasteiger partial charge in [0.2, 0.25) is 5.91 Å². The first-order valence-electron chi connectivity index (χ1n) is 8.07. The Morgan fingerprint density at radius 1 is 1.00 bits per heavy atom. The van der Waals surface area contributed by atoms with Gasteiger partial charge in [0.1, 0.15) is 11.9 Å². The zero-order chi connectivity index (χ0) is 19.8. The predicted octanol–water partition coefficient (Wildman–Crippen LogP) is 1.33. The number of benzene rings is 2. The van der Waals surface area contributed by atoms with Crippen molar-refractivity contribution in [2.24, 2.45) is 0 Å². The Balaban J connectivity index is 2.10. The highest BCUT2D eigenvalue weighted by Gasteiger charge is 2.28. The molecule has 9 heteroatoms. The first-order chi connectivity index (χ1) is 12.8. The van der Waals surface area contributed by atoms with E-state index in [1.807, 2.05) is 5.43 Å². The summed E-state index contributed by atoms with van der Waals surface area (Å²) in [6.07, 6.45) is -0.0750.